The number of carbonyl (C=O) groups excluding carboxylic acids is 2. The lowest BCUT2D eigenvalue weighted by molar-refractivity contribution is -0.127. The van der Waals surface area contributed by atoms with Gasteiger partial charge in [0, 0.05) is 6.42 Å². The first-order valence-corrected chi connectivity index (χ1v) is 8.73. The van der Waals surface area contributed by atoms with Gasteiger partial charge in [-0.1, -0.05) is 71.1 Å². The van der Waals surface area contributed by atoms with Crippen LogP contribution in [0, 0.1) is 0 Å². The third-order valence-electron chi connectivity index (χ3n) is 4.06. The highest BCUT2D eigenvalue weighted by atomic mass is 16.6. The number of cyclic esters (lactones) is 1. The van der Waals surface area contributed by atoms with E-state index in [4.69, 9.17) is 4.74 Å². The molecule has 0 spiro atoms. The molecule has 4 nitrogen and oxygen atoms in total. The Balaban J connectivity index is 1.84. The van der Waals surface area contributed by atoms with Crippen molar-refractivity contribution in [3.05, 3.63) is 0 Å². The molecule has 0 saturated carbocycles. The Morgan fingerprint density at radius 1 is 0.952 bits per heavy atom. The predicted octanol–water partition coefficient (Wildman–Crippen LogP) is 4.67. The van der Waals surface area contributed by atoms with E-state index in [0.29, 0.717) is 19.6 Å². The lowest BCUT2D eigenvalue weighted by Gasteiger charge is -2.10. The highest BCUT2D eigenvalue weighted by Crippen LogP contribution is 2.13. The van der Waals surface area contributed by atoms with Crippen molar-refractivity contribution in [2.45, 2.75) is 84.0 Å². The SMILES string of the molecule is CCCCCCCCCCCCCC(=O)N1CCOC1=O. The van der Waals surface area contributed by atoms with Crippen molar-refractivity contribution < 1.29 is 14.3 Å². The molecule has 0 unspecified atom stereocenters. The summed E-state index contributed by atoms with van der Waals surface area (Å²) in [6, 6.07) is 0. The first kappa shape index (κ1) is 18.0. The largest absolute Gasteiger partial charge is 0.447 e. The van der Waals surface area contributed by atoms with Gasteiger partial charge in [0.15, 0.2) is 0 Å². The minimum absolute atomic E-state index is 0.0755. The normalized spacial score (nSPS) is 14.5. The van der Waals surface area contributed by atoms with Gasteiger partial charge in [-0.05, 0) is 6.42 Å². The Morgan fingerprint density at radius 2 is 1.48 bits per heavy atom. The van der Waals surface area contributed by atoms with Crippen LogP contribution in [-0.2, 0) is 9.53 Å². The molecule has 0 N–H and O–H groups in total. The molecular formula is C17H31NO3. The molecule has 2 amide bonds. The molecule has 1 aliphatic rings. The van der Waals surface area contributed by atoms with Gasteiger partial charge in [0.05, 0.1) is 6.54 Å². The lowest BCUT2D eigenvalue weighted by atomic mass is 10.1. The zero-order valence-electron chi connectivity index (χ0n) is 13.6. The van der Waals surface area contributed by atoms with E-state index in [1.807, 2.05) is 0 Å². The highest BCUT2D eigenvalue weighted by Gasteiger charge is 2.27. The van der Waals surface area contributed by atoms with Crippen molar-refractivity contribution >= 4 is 12.0 Å². The Labute approximate surface area is 129 Å². The van der Waals surface area contributed by atoms with Crippen molar-refractivity contribution in [1.29, 1.82) is 0 Å². The molecule has 1 aliphatic heterocycles. The molecule has 0 atom stereocenters. The van der Waals surface area contributed by atoms with Crippen LogP contribution in [0.2, 0.25) is 0 Å². The van der Waals surface area contributed by atoms with Crippen LogP contribution in [0.4, 0.5) is 4.79 Å². The Bertz CT molecular complexity index is 304. The second-order valence-corrected chi connectivity index (χ2v) is 5.95. The van der Waals surface area contributed by atoms with E-state index in [2.05, 4.69) is 6.92 Å². The van der Waals surface area contributed by atoms with Crippen LogP contribution in [0.1, 0.15) is 84.0 Å². The minimum Gasteiger partial charge on any atom is -0.447 e. The molecule has 0 aromatic heterocycles. The molecule has 1 heterocycles. The van der Waals surface area contributed by atoms with Crippen LogP contribution in [0.3, 0.4) is 0 Å². The number of amides is 2. The fraction of sp³-hybridized carbons (Fsp3) is 0.882. The summed E-state index contributed by atoms with van der Waals surface area (Å²) in [6.07, 6.45) is 14.0. The molecule has 1 rings (SSSR count). The summed E-state index contributed by atoms with van der Waals surface area (Å²) in [4.78, 5) is 24.2. The van der Waals surface area contributed by atoms with Gasteiger partial charge in [-0.15, -0.1) is 0 Å². The second kappa shape index (κ2) is 11.6. The van der Waals surface area contributed by atoms with Gasteiger partial charge < -0.3 is 4.74 Å². The molecule has 0 radical (unpaired) electrons. The first-order chi connectivity index (χ1) is 10.3. The van der Waals surface area contributed by atoms with Crippen LogP contribution >= 0.6 is 0 Å². The molecule has 1 fully saturated rings. The first-order valence-electron chi connectivity index (χ1n) is 8.73. The zero-order valence-corrected chi connectivity index (χ0v) is 13.6. The summed E-state index contributed by atoms with van der Waals surface area (Å²) in [7, 11) is 0. The number of hydrogen-bond acceptors (Lipinski definition) is 3. The fourth-order valence-corrected chi connectivity index (χ4v) is 2.70. The third kappa shape index (κ3) is 8.08. The highest BCUT2D eigenvalue weighted by molar-refractivity contribution is 5.92. The van der Waals surface area contributed by atoms with Crippen LogP contribution in [-0.4, -0.2) is 30.1 Å². The maximum Gasteiger partial charge on any atom is 0.416 e. The zero-order chi connectivity index (χ0) is 15.3. The average molecular weight is 297 g/mol. The molecule has 1 saturated heterocycles. The van der Waals surface area contributed by atoms with Crippen molar-refractivity contribution in [1.82, 2.24) is 4.90 Å². The van der Waals surface area contributed by atoms with Crippen molar-refractivity contribution in [2.75, 3.05) is 13.2 Å². The smallest absolute Gasteiger partial charge is 0.416 e. The van der Waals surface area contributed by atoms with Crippen molar-refractivity contribution in [3.63, 3.8) is 0 Å². The van der Waals surface area contributed by atoms with Crippen molar-refractivity contribution in [3.8, 4) is 0 Å². The van der Waals surface area contributed by atoms with Gasteiger partial charge >= 0.3 is 6.09 Å². The van der Waals surface area contributed by atoms with Gasteiger partial charge in [0.1, 0.15) is 6.61 Å². The second-order valence-electron chi connectivity index (χ2n) is 5.95. The van der Waals surface area contributed by atoms with Crippen LogP contribution in [0.15, 0.2) is 0 Å². The van der Waals surface area contributed by atoms with Gasteiger partial charge in [0.25, 0.3) is 0 Å². The van der Waals surface area contributed by atoms with Gasteiger partial charge in [-0.3, -0.25) is 4.79 Å². The van der Waals surface area contributed by atoms with Crippen LogP contribution < -0.4 is 0 Å². The van der Waals surface area contributed by atoms with Crippen molar-refractivity contribution in [2.24, 2.45) is 0 Å². The Morgan fingerprint density at radius 3 is 1.95 bits per heavy atom. The number of imide groups is 1. The summed E-state index contributed by atoms with van der Waals surface area (Å²) in [5.41, 5.74) is 0. The third-order valence-corrected chi connectivity index (χ3v) is 4.06. The van der Waals surface area contributed by atoms with E-state index < -0.39 is 6.09 Å². The Kier molecular flexibility index (Phi) is 9.92. The van der Waals surface area contributed by atoms with E-state index >= 15 is 0 Å². The molecule has 0 aromatic carbocycles. The summed E-state index contributed by atoms with van der Waals surface area (Å²) < 4.78 is 4.76. The number of unbranched alkanes of at least 4 members (excludes halogenated alkanes) is 10. The molecule has 21 heavy (non-hydrogen) atoms. The maximum absolute atomic E-state index is 11.7. The summed E-state index contributed by atoms with van der Waals surface area (Å²) >= 11 is 0. The topological polar surface area (TPSA) is 46.6 Å². The van der Waals surface area contributed by atoms with E-state index in [1.54, 1.807) is 0 Å². The predicted molar refractivity (Wildman–Crippen MR) is 84.1 cm³/mol. The fourth-order valence-electron chi connectivity index (χ4n) is 2.70. The molecule has 4 heteroatoms. The summed E-state index contributed by atoms with van der Waals surface area (Å²) in [6.45, 7) is 3.02. The van der Waals surface area contributed by atoms with E-state index in [1.165, 1.54) is 62.7 Å². The number of carbonyl (C=O) groups is 2. The number of rotatable bonds is 12. The number of nitrogens with zero attached hydrogens (tertiary/aromatic N) is 1. The monoisotopic (exact) mass is 297 g/mol. The summed E-state index contributed by atoms with van der Waals surface area (Å²) in [5, 5.41) is 0. The Hall–Kier alpha value is -1.06. The maximum atomic E-state index is 11.7. The van der Waals surface area contributed by atoms with Crippen LogP contribution in [0.25, 0.3) is 0 Å². The molecular weight excluding hydrogens is 266 g/mol. The van der Waals surface area contributed by atoms with Gasteiger partial charge in [-0.2, -0.15) is 0 Å². The average Bonchev–Trinajstić information content (AvgIpc) is 2.91. The van der Waals surface area contributed by atoms with Gasteiger partial charge in [0.2, 0.25) is 5.91 Å². The summed E-state index contributed by atoms with van der Waals surface area (Å²) in [5.74, 6) is -0.0755. The molecule has 122 valence electrons. The minimum atomic E-state index is -0.469. The number of hydrogen-bond donors (Lipinski definition) is 0. The molecule has 0 bridgehead atoms. The van der Waals surface area contributed by atoms with E-state index in [0.717, 1.165) is 12.8 Å². The molecule has 0 aliphatic carbocycles. The van der Waals surface area contributed by atoms with E-state index in [-0.39, 0.29) is 5.91 Å². The lowest BCUT2D eigenvalue weighted by Crippen LogP contribution is -2.31. The standard InChI is InChI=1S/C17H31NO3/c1-2-3-4-5-6-7-8-9-10-11-12-13-16(19)18-14-15-21-17(18)20/h2-15H2,1H3. The molecule has 0 aromatic rings. The van der Waals surface area contributed by atoms with Gasteiger partial charge in [-0.25, -0.2) is 9.69 Å². The van der Waals surface area contributed by atoms with Crippen LogP contribution in [0.5, 0.6) is 0 Å². The number of ether oxygens (including phenoxy) is 1. The van der Waals surface area contributed by atoms with E-state index in [9.17, 15) is 9.59 Å². The quantitative estimate of drug-likeness (QED) is 0.492.